The number of ketones is 1. The van der Waals surface area contributed by atoms with Crippen molar-refractivity contribution in [1.29, 1.82) is 0 Å². The van der Waals surface area contributed by atoms with Crippen LogP contribution in [-0.2, 0) is 0 Å². The summed E-state index contributed by atoms with van der Waals surface area (Å²) in [7, 11) is 1.63. The largest absolute Gasteiger partial charge is 0.497 e. The van der Waals surface area contributed by atoms with Gasteiger partial charge in [-0.15, -0.1) is 0 Å². The second-order valence-corrected chi connectivity index (χ2v) is 5.57. The van der Waals surface area contributed by atoms with Gasteiger partial charge in [0.05, 0.1) is 13.7 Å². The van der Waals surface area contributed by atoms with Crippen LogP contribution in [0.5, 0.6) is 5.75 Å². The van der Waals surface area contributed by atoms with E-state index in [2.05, 4.69) is 5.32 Å². The molecule has 1 N–H and O–H groups in total. The van der Waals surface area contributed by atoms with Gasteiger partial charge in [-0.1, -0.05) is 32.1 Å². The van der Waals surface area contributed by atoms with Gasteiger partial charge in [0.2, 0.25) is 0 Å². The summed E-state index contributed by atoms with van der Waals surface area (Å²) in [6.45, 7) is 0.441. The highest BCUT2D eigenvalue weighted by Crippen LogP contribution is 2.17. The smallest absolute Gasteiger partial charge is 0.176 e. The van der Waals surface area contributed by atoms with Crippen LogP contribution < -0.4 is 10.1 Å². The first-order valence-corrected chi connectivity index (χ1v) is 7.70. The van der Waals surface area contributed by atoms with Gasteiger partial charge >= 0.3 is 0 Å². The minimum atomic E-state index is 0.162. The highest BCUT2D eigenvalue weighted by Gasteiger charge is 2.13. The van der Waals surface area contributed by atoms with E-state index in [-0.39, 0.29) is 5.78 Å². The Morgan fingerprint density at radius 1 is 1.10 bits per heavy atom. The molecule has 0 saturated heterocycles. The van der Waals surface area contributed by atoms with E-state index in [0.717, 1.165) is 11.3 Å². The topological polar surface area (TPSA) is 38.3 Å². The summed E-state index contributed by atoms with van der Waals surface area (Å²) in [5, 5.41) is 3.44. The lowest BCUT2D eigenvalue weighted by molar-refractivity contribution is 0.0985. The van der Waals surface area contributed by atoms with E-state index in [1.54, 1.807) is 7.11 Å². The van der Waals surface area contributed by atoms with Gasteiger partial charge < -0.3 is 10.1 Å². The van der Waals surface area contributed by atoms with E-state index >= 15 is 0 Å². The molecule has 1 aliphatic carbocycles. The molecule has 2 rings (SSSR count). The highest BCUT2D eigenvalue weighted by atomic mass is 16.5. The van der Waals surface area contributed by atoms with Gasteiger partial charge in [-0.3, -0.25) is 4.79 Å². The third kappa shape index (κ3) is 4.64. The van der Waals surface area contributed by atoms with Crippen molar-refractivity contribution in [3.05, 3.63) is 29.8 Å². The summed E-state index contributed by atoms with van der Waals surface area (Å²) in [5.41, 5.74) is 0.754. The molecule has 0 aromatic heterocycles. The monoisotopic (exact) mass is 275 g/mol. The fourth-order valence-electron chi connectivity index (χ4n) is 2.78. The molecule has 1 aromatic carbocycles. The zero-order valence-electron chi connectivity index (χ0n) is 12.4. The second-order valence-electron chi connectivity index (χ2n) is 5.57. The maximum absolute atomic E-state index is 12.1. The van der Waals surface area contributed by atoms with Crippen LogP contribution in [0.15, 0.2) is 24.3 Å². The number of nitrogens with one attached hydrogen (secondary N) is 1. The van der Waals surface area contributed by atoms with Gasteiger partial charge in [0.25, 0.3) is 0 Å². The Labute approximate surface area is 121 Å². The summed E-state index contributed by atoms with van der Waals surface area (Å²) in [6.07, 6.45) is 9.03. The van der Waals surface area contributed by atoms with Crippen molar-refractivity contribution in [3.63, 3.8) is 0 Å². The number of ether oxygens (including phenoxy) is 1. The molecule has 0 bridgehead atoms. The van der Waals surface area contributed by atoms with Crippen LogP contribution in [0.4, 0.5) is 0 Å². The van der Waals surface area contributed by atoms with E-state index in [4.69, 9.17) is 4.74 Å². The van der Waals surface area contributed by atoms with Crippen LogP contribution in [0, 0.1) is 0 Å². The predicted molar refractivity (Wildman–Crippen MR) is 81.4 cm³/mol. The zero-order valence-corrected chi connectivity index (χ0v) is 12.4. The van der Waals surface area contributed by atoms with Crippen molar-refractivity contribution in [2.45, 2.75) is 51.0 Å². The van der Waals surface area contributed by atoms with Crippen LogP contribution in [-0.4, -0.2) is 25.5 Å². The molecule has 0 spiro atoms. The summed E-state index contributed by atoms with van der Waals surface area (Å²) >= 11 is 0. The molecule has 20 heavy (non-hydrogen) atoms. The summed E-state index contributed by atoms with van der Waals surface area (Å²) < 4.78 is 5.10. The van der Waals surface area contributed by atoms with Gasteiger partial charge in [0.15, 0.2) is 5.78 Å². The molecule has 3 heteroatoms. The molecule has 1 saturated carbocycles. The van der Waals surface area contributed by atoms with Crippen molar-refractivity contribution < 1.29 is 9.53 Å². The molecule has 1 aliphatic rings. The molecule has 0 amide bonds. The molecule has 1 fully saturated rings. The lowest BCUT2D eigenvalue weighted by Crippen LogP contribution is -2.34. The van der Waals surface area contributed by atoms with Crippen LogP contribution in [0.1, 0.15) is 55.3 Å². The van der Waals surface area contributed by atoms with Crippen molar-refractivity contribution >= 4 is 5.78 Å². The number of hydrogen-bond acceptors (Lipinski definition) is 3. The molecule has 1 aromatic rings. The molecule has 110 valence electrons. The number of benzene rings is 1. The minimum Gasteiger partial charge on any atom is -0.497 e. The Hall–Kier alpha value is -1.35. The van der Waals surface area contributed by atoms with E-state index in [9.17, 15) is 4.79 Å². The SMILES string of the molecule is COc1ccc(C(=O)CNC2CCCCCCC2)cc1. The van der Waals surface area contributed by atoms with Crippen LogP contribution in [0.25, 0.3) is 0 Å². The second kappa shape index (κ2) is 8.05. The maximum Gasteiger partial charge on any atom is 0.176 e. The Kier molecular flexibility index (Phi) is 6.06. The predicted octanol–water partition coefficient (Wildman–Crippen LogP) is 3.58. The first-order chi connectivity index (χ1) is 9.79. The van der Waals surface area contributed by atoms with Crippen LogP contribution >= 0.6 is 0 Å². The van der Waals surface area contributed by atoms with Crippen molar-refractivity contribution in [2.75, 3.05) is 13.7 Å². The Morgan fingerprint density at radius 2 is 1.70 bits per heavy atom. The number of rotatable bonds is 5. The standard InChI is InChI=1S/C17H25NO2/c1-20-16-11-9-14(10-12-16)17(19)13-18-15-7-5-3-2-4-6-8-15/h9-12,15,18H,2-8,13H2,1H3. The van der Waals surface area contributed by atoms with Gasteiger partial charge in [0.1, 0.15) is 5.75 Å². The Bertz CT molecular complexity index is 406. The summed E-state index contributed by atoms with van der Waals surface area (Å²) in [6, 6.07) is 7.85. The molecule has 0 unspecified atom stereocenters. The number of Topliss-reactive ketones (excluding diaryl/α,β-unsaturated/α-hetero) is 1. The molecule has 0 heterocycles. The first-order valence-electron chi connectivity index (χ1n) is 7.70. The van der Waals surface area contributed by atoms with Crippen LogP contribution in [0.3, 0.4) is 0 Å². The van der Waals surface area contributed by atoms with Gasteiger partial charge in [-0.25, -0.2) is 0 Å². The van der Waals surface area contributed by atoms with Crippen molar-refractivity contribution in [3.8, 4) is 5.75 Å². The molecular weight excluding hydrogens is 250 g/mol. The van der Waals surface area contributed by atoms with E-state index in [1.165, 1.54) is 44.9 Å². The molecule has 3 nitrogen and oxygen atoms in total. The number of methoxy groups -OCH3 is 1. The molecular formula is C17H25NO2. The fourth-order valence-corrected chi connectivity index (χ4v) is 2.78. The average Bonchev–Trinajstić information content (AvgIpc) is 2.46. The van der Waals surface area contributed by atoms with Gasteiger partial charge in [-0.2, -0.15) is 0 Å². The third-order valence-corrected chi connectivity index (χ3v) is 4.07. The fraction of sp³-hybridized carbons (Fsp3) is 0.588. The van der Waals surface area contributed by atoms with Crippen LogP contribution in [0.2, 0.25) is 0 Å². The van der Waals surface area contributed by atoms with Gasteiger partial charge in [-0.05, 0) is 37.1 Å². The third-order valence-electron chi connectivity index (χ3n) is 4.07. The number of hydrogen-bond donors (Lipinski definition) is 1. The van der Waals surface area contributed by atoms with E-state index in [0.29, 0.717) is 12.6 Å². The number of carbonyl (C=O) groups is 1. The zero-order chi connectivity index (χ0) is 14.2. The quantitative estimate of drug-likeness (QED) is 0.835. The molecule has 0 aliphatic heterocycles. The molecule has 0 atom stereocenters. The number of carbonyl (C=O) groups excluding carboxylic acids is 1. The van der Waals surface area contributed by atoms with Crippen molar-refractivity contribution in [2.24, 2.45) is 0 Å². The minimum absolute atomic E-state index is 0.162. The highest BCUT2D eigenvalue weighted by molar-refractivity contribution is 5.97. The molecule has 0 radical (unpaired) electrons. The van der Waals surface area contributed by atoms with Gasteiger partial charge in [0, 0.05) is 11.6 Å². The Morgan fingerprint density at radius 3 is 2.30 bits per heavy atom. The van der Waals surface area contributed by atoms with Crippen molar-refractivity contribution in [1.82, 2.24) is 5.32 Å². The summed E-state index contributed by atoms with van der Waals surface area (Å²) in [4.78, 5) is 12.1. The van der Waals surface area contributed by atoms with E-state index in [1.807, 2.05) is 24.3 Å². The van der Waals surface area contributed by atoms with E-state index < -0.39 is 0 Å². The summed E-state index contributed by atoms with van der Waals surface area (Å²) in [5.74, 6) is 0.948. The Balaban J connectivity index is 1.80. The normalized spacial score (nSPS) is 17.2. The first kappa shape index (κ1) is 15.0. The average molecular weight is 275 g/mol. The lowest BCUT2D eigenvalue weighted by atomic mass is 9.96. The lowest BCUT2D eigenvalue weighted by Gasteiger charge is -2.20. The maximum atomic E-state index is 12.1.